The monoisotopic (exact) mass is 353 g/mol. The van der Waals surface area contributed by atoms with Gasteiger partial charge < -0.3 is 15.1 Å². The summed E-state index contributed by atoms with van der Waals surface area (Å²) in [5.41, 5.74) is 2.61. The Kier molecular flexibility index (Phi) is 6.52. The van der Waals surface area contributed by atoms with Crippen LogP contribution in [0.1, 0.15) is 32.3 Å². The smallest absolute Gasteiger partial charge is 0.0508 e. The number of anilines is 1. The molecule has 3 nitrogen and oxygen atoms in total. The van der Waals surface area contributed by atoms with Gasteiger partial charge in [-0.25, -0.2) is 0 Å². The molecule has 21 heavy (non-hydrogen) atoms. The molecule has 1 fully saturated rings. The number of halogens is 1. The number of hydrogen-bond donors (Lipinski definition) is 1. The average molecular weight is 354 g/mol. The van der Waals surface area contributed by atoms with Gasteiger partial charge in [0.15, 0.2) is 0 Å². The van der Waals surface area contributed by atoms with Crippen molar-refractivity contribution in [3.63, 3.8) is 0 Å². The molecular weight excluding hydrogens is 326 g/mol. The largest absolute Gasteiger partial charge is 0.372 e. The van der Waals surface area contributed by atoms with Gasteiger partial charge in [-0.2, -0.15) is 0 Å². The minimum atomic E-state index is 0.520. The summed E-state index contributed by atoms with van der Waals surface area (Å²) in [5.74, 6) is 0. The van der Waals surface area contributed by atoms with Crippen LogP contribution in [0.5, 0.6) is 0 Å². The van der Waals surface area contributed by atoms with E-state index in [1.807, 2.05) is 0 Å². The van der Waals surface area contributed by atoms with Crippen molar-refractivity contribution in [3.8, 4) is 0 Å². The second kappa shape index (κ2) is 8.16. The first-order chi connectivity index (χ1) is 10.1. The van der Waals surface area contributed by atoms with E-state index in [-0.39, 0.29) is 0 Å². The van der Waals surface area contributed by atoms with Crippen LogP contribution in [-0.2, 0) is 6.54 Å². The van der Waals surface area contributed by atoms with Crippen LogP contribution in [0.25, 0.3) is 0 Å². The zero-order valence-electron chi connectivity index (χ0n) is 13.5. The maximum atomic E-state index is 3.73. The molecule has 1 saturated heterocycles. The topological polar surface area (TPSA) is 18.5 Å². The summed E-state index contributed by atoms with van der Waals surface area (Å²) >= 11 is 3.73. The normalized spacial score (nSPS) is 15.9. The van der Waals surface area contributed by atoms with E-state index < -0.39 is 0 Å². The highest BCUT2D eigenvalue weighted by molar-refractivity contribution is 9.10. The second-order valence-electron chi connectivity index (χ2n) is 6.29. The lowest BCUT2D eigenvalue weighted by Gasteiger charge is -2.24. The van der Waals surface area contributed by atoms with Gasteiger partial charge in [0.1, 0.15) is 0 Å². The molecule has 0 atom stereocenters. The third-order valence-electron chi connectivity index (χ3n) is 4.09. The molecule has 2 rings (SSSR count). The minimum Gasteiger partial charge on any atom is -0.372 e. The van der Waals surface area contributed by atoms with Crippen LogP contribution in [-0.4, -0.2) is 44.2 Å². The van der Waals surface area contributed by atoms with Gasteiger partial charge in [-0.1, -0.05) is 19.9 Å². The molecule has 1 N–H and O–H groups in total. The van der Waals surface area contributed by atoms with Crippen molar-refractivity contribution in [3.05, 3.63) is 28.2 Å². The predicted octanol–water partition coefficient (Wildman–Crippen LogP) is 3.48. The lowest BCUT2D eigenvalue weighted by molar-refractivity contribution is 0.346. The highest BCUT2D eigenvalue weighted by Crippen LogP contribution is 2.26. The van der Waals surface area contributed by atoms with Crippen molar-refractivity contribution < 1.29 is 0 Å². The molecule has 0 unspecified atom stereocenters. The molecule has 1 aromatic carbocycles. The molecule has 0 aliphatic carbocycles. The number of nitrogens with zero attached hydrogens (tertiary/aromatic N) is 2. The van der Waals surface area contributed by atoms with Crippen molar-refractivity contribution in [1.29, 1.82) is 0 Å². The highest BCUT2D eigenvalue weighted by Gasteiger charge is 2.13. The van der Waals surface area contributed by atoms with Gasteiger partial charge in [0.25, 0.3) is 0 Å². The number of benzene rings is 1. The molecule has 1 aromatic rings. The fourth-order valence-corrected chi connectivity index (χ4v) is 3.44. The Bertz CT molecular complexity index is 442. The summed E-state index contributed by atoms with van der Waals surface area (Å²) in [6, 6.07) is 7.20. The highest BCUT2D eigenvalue weighted by atomic mass is 79.9. The molecule has 1 aliphatic heterocycles. The first-order valence-electron chi connectivity index (χ1n) is 8.01. The predicted molar refractivity (Wildman–Crippen MR) is 95.1 cm³/mol. The molecule has 1 heterocycles. The van der Waals surface area contributed by atoms with Crippen molar-refractivity contribution in [2.24, 2.45) is 0 Å². The molecule has 0 amide bonds. The van der Waals surface area contributed by atoms with Crippen molar-refractivity contribution in [1.82, 2.24) is 10.2 Å². The van der Waals surface area contributed by atoms with Gasteiger partial charge in [-0.05, 0) is 59.6 Å². The SMILES string of the molecule is CC(C)NCc1ccc(N(C)CCN2CCCC2)c(Br)c1. The van der Waals surface area contributed by atoms with E-state index in [1.54, 1.807) is 0 Å². The van der Waals surface area contributed by atoms with E-state index in [0.717, 1.165) is 13.1 Å². The third kappa shape index (κ3) is 5.28. The standard InChI is InChI=1S/C17H28BrN3/c1-14(2)19-13-15-6-7-17(16(18)12-15)20(3)10-11-21-8-4-5-9-21/h6-7,12,14,19H,4-5,8-11,13H2,1-3H3. The van der Waals surface area contributed by atoms with Crippen molar-refractivity contribution in [2.75, 3.05) is 38.1 Å². The van der Waals surface area contributed by atoms with Gasteiger partial charge in [-0.3, -0.25) is 0 Å². The van der Waals surface area contributed by atoms with Crippen molar-refractivity contribution >= 4 is 21.6 Å². The van der Waals surface area contributed by atoms with Gasteiger partial charge >= 0.3 is 0 Å². The van der Waals surface area contributed by atoms with Crippen molar-refractivity contribution in [2.45, 2.75) is 39.3 Å². The number of nitrogens with one attached hydrogen (secondary N) is 1. The van der Waals surface area contributed by atoms with Crippen LogP contribution in [0.4, 0.5) is 5.69 Å². The van der Waals surface area contributed by atoms with Crippen LogP contribution >= 0.6 is 15.9 Å². The van der Waals surface area contributed by atoms with Gasteiger partial charge in [-0.15, -0.1) is 0 Å². The molecular formula is C17H28BrN3. The molecule has 0 radical (unpaired) electrons. The fraction of sp³-hybridized carbons (Fsp3) is 0.647. The number of hydrogen-bond acceptors (Lipinski definition) is 3. The Morgan fingerprint density at radius 2 is 2.00 bits per heavy atom. The molecule has 0 spiro atoms. The molecule has 0 saturated carbocycles. The number of likely N-dealkylation sites (tertiary alicyclic amines) is 1. The van der Waals surface area contributed by atoms with Crippen LogP contribution in [0, 0.1) is 0 Å². The quantitative estimate of drug-likeness (QED) is 0.809. The summed E-state index contributed by atoms with van der Waals surface area (Å²) in [6.07, 6.45) is 2.73. The van der Waals surface area contributed by atoms with Gasteiger partial charge in [0.05, 0.1) is 5.69 Å². The molecule has 1 aliphatic rings. The Morgan fingerprint density at radius 3 is 2.62 bits per heavy atom. The van der Waals surface area contributed by atoms with Crippen LogP contribution in [0.2, 0.25) is 0 Å². The lowest BCUT2D eigenvalue weighted by atomic mass is 10.2. The molecule has 0 aromatic heterocycles. The summed E-state index contributed by atoms with van der Waals surface area (Å²) in [7, 11) is 2.18. The number of rotatable bonds is 7. The Balaban J connectivity index is 1.89. The lowest BCUT2D eigenvalue weighted by Crippen LogP contribution is -2.31. The molecule has 0 bridgehead atoms. The van der Waals surface area contributed by atoms with Crippen LogP contribution in [0.3, 0.4) is 0 Å². The second-order valence-corrected chi connectivity index (χ2v) is 7.15. The first-order valence-corrected chi connectivity index (χ1v) is 8.81. The summed E-state index contributed by atoms with van der Waals surface area (Å²) in [5, 5.41) is 3.46. The minimum absolute atomic E-state index is 0.520. The Labute approximate surface area is 137 Å². The third-order valence-corrected chi connectivity index (χ3v) is 4.72. The Morgan fingerprint density at radius 1 is 1.29 bits per heavy atom. The van der Waals surface area contributed by atoms with E-state index in [9.17, 15) is 0 Å². The van der Waals surface area contributed by atoms with Gasteiger partial charge in [0.2, 0.25) is 0 Å². The van der Waals surface area contributed by atoms with E-state index >= 15 is 0 Å². The van der Waals surface area contributed by atoms with Crippen LogP contribution in [0.15, 0.2) is 22.7 Å². The zero-order chi connectivity index (χ0) is 15.2. The first kappa shape index (κ1) is 16.8. The fourth-order valence-electron chi connectivity index (χ4n) is 2.71. The molecule has 4 heteroatoms. The number of likely N-dealkylation sites (N-methyl/N-ethyl adjacent to an activating group) is 1. The van der Waals surface area contributed by atoms with Gasteiger partial charge in [0, 0.05) is 37.2 Å². The summed E-state index contributed by atoms with van der Waals surface area (Å²) < 4.78 is 1.19. The van der Waals surface area contributed by atoms with E-state index in [4.69, 9.17) is 0 Å². The van der Waals surface area contributed by atoms with E-state index in [1.165, 1.54) is 48.2 Å². The maximum absolute atomic E-state index is 3.73. The maximum Gasteiger partial charge on any atom is 0.0508 e. The Hall–Kier alpha value is -0.580. The molecule has 118 valence electrons. The summed E-state index contributed by atoms with van der Waals surface area (Å²) in [4.78, 5) is 4.91. The average Bonchev–Trinajstić information content (AvgIpc) is 2.96. The van der Waals surface area contributed by atoms with Crippen LogP contribution < -0.4 is 10.2 Å². The van der Waals surface area contributed by atoms with E-state index in [2.05, 4.69) is 70.1 Å². The van der Waals surface area contributed by atoms with E-state index in [0.29, 0.717) is 6.04 Å². The summed E-state index contributed by atoms with van der Waals surface area (Å²) in [6.45, 7) is 10.1. The zero-order valence-corrected chi connectivity index (χ0v) is 15.1.